The molecule has 144 valence electrons. The molecule has 3 heterocycles. The largest absolute Gasteiger partial charge is 0.381 e. The summed E-state index contributed by atoms with van der Waals surface area (Å²) in [6.07, 6.45) is 3.70. The van der Waals surface area contributed by atoms with Gasteiger partial charge in [-0.1, -0.05) is 28.1 Å². The molecule has 2 saturated heterocycles. The van der Waals surface area contributed by atoms with Crippen LogP contribution in [0, 0.1) is 0 Å². The predicted octanol–water partition coefficient (Wildman–Crippen LogP) is 3.95. The Morgan fingerprint density at radius 1 is 1.15 bits per heavy atom. The lowest BCUT2D eigenvalue weighted by atomic mass is 9.74. The molecule has 27 heavy (non-hydrogen) atoms. The lowest BCUT2D eigenvalue weighted by Gasteiger charge is -2.38. The van der Waals surface area contributed by atoms with Crippen LogP contribution < -0.4 is 10.2 Å². The highest BCUT2D eigenvalue weighted by Crippen LogP contribution is 2.36. The van der Waals surface area contributed by atoms with Crippen molar-refractivity contribution in [1.82, 2.24) is 9.97 Å². The standard InChI is InChI=1S/C20H25BrN4OS/c21-17-3-1-2-16(12-17)20(4-8-26-9-5-20)14-22-18-13-19(24-15-23-18)25-6-10-27-11-7-25/h1-3,12-13,15H,4-11,14H2,(H,22,23,24). The van der Waals surface area contributed by atoms with E-state index >= 15 is 0 Å². The monoisotopic (exact) mass is 448 g/mol. The molecule has 0 bridgehead atoms. The average molecular weight is 449 g/mol. The summed E-state index contributed by atoms with van der Waals surface area (Å²) in [4.78, 5) is 11.3. The molecule has 0 atom stereocenters. The Morgan fingerprint density at radius 3 is 2.74 bits per heavy atom. The predicted molar refractivity (Wildman–Crippen MR) is 116 cm³/mol. The molecule has 2 fully saturated rings. The molecule has 0 saturated carbocycles. The van der Waals surface area contributed by atoms with Gasteiger partial charge in [-0.3, -0.25) is 0 Å². The van der Waals surface area contributed by atoms with Gasteiger partial charge < -0.3 is 15.0 Å². The fourth-order valence-electron chi connectivity index (χ4n) is 3.82. The fraction of sp³-hybridized carbons (Fsp3) is 0.500. The lowest BCUT2D eigenvalue weighted by Crippen LogP contribution is -2.40. The van der Waals surface area contributed by atoms with E-state index in [1.54, 1.807) is 6.33 Å². The third-order valence-corrected chi connectivity index (χ3v) is 6.92. The summed E-state index contributed by atoms with van der Waals surface area (Å²) in [7, 11) is 0. The van der Waals surface area contributed by atoms with Crippen LogP contribution >= 0.6 is 27.7 Å². The summed E-state index contributed by atoms with van der Waals surface area (Å²) in [5.41, 5.74) is 1.42. The molecular weight excluding hydrogens is 424 g/mol. The van der Waals surface area contributed by atoms with E-state index in [1.165, 1.54) is 17.1 Å². The molecule has 1 aromatic carbocycles. The molecule has 0 unspecified atom stereocenters. The van der Waals surface area contributed by atoms with Crippen molar-refractivity contribution >= 4 is 39.3 Å². The van der Waals surface area contributed by atoms with Gasteiger partial charge in [-0.2, -0.15) is 11.8 Å². The molecule has 0 amide bonds. The lowest BCUT2D eigenvalue weighted by molar-refractivity contribution is 0.0543. The van der Waals surface area contributed by atoms with Crippen LogP contribution in [0.25, 0.3) is 0 Å². The van der Waals surface area contributed by atoms with Crippen molar-refractivity contribution in [2.75, 3.05) is 54.6 Å². The van der Waals surface area contributed by atoms with Crippen molar-refractivity contribution < 1.29 is 4.74 Å². The maximum absolute atomic E-state index is 5.65. The van der Waals surface area contributed by atoms with Crippen LogP contribution in [0.3, 0.4) is 0 Å². The minimum Gasteiger partial charge on any atom is -0.381 e. The van der Waals surface area contributed by atoms with Gasteiger partial charge in [-0.05, 0) is 30.5 Å². The second kappa shape index (κ2) is 8.80. The fourth-order valence-corrected chi connectivity index (χ4v) is 5.12. The molecule has 2 aromatic rings. The molecule has 1 aromatic heterocycles. The number of aromatic nitrogens is 2. The Hall–Kier alpha value is -1.31. The highest BCUT2D eigenvalue weighted by molar-refractivity contribution is 9.10. The molecular formula is C20H25BrN4OS. The molecule has 0 spiro atoms. The van der Waals surface area contributed by atoms with E-state index in [0.29, 0.717) is 0 Å². The van der Waals surface area contributed by atoms with Gasteiger partial charge in [-0.25, -0.2) is 9.97 Å². The Bertz CT molecular complexity index is 763. The number of ether oxygens (including phenoxy) is 1. The first kappa shape index (κ1) is 19.0. The first-order valence-electron chi connectivity index (χ1n) is 9.48. The van der Waals surface area contributed by atoms with E-state index < -0.39 is 0 Å². The molecule has 1 N–H and O–H groups in total. The average Bonchev–Trinajstić information content (AvgIpc) is 2.74. The molecule has 5 nitrogen and oxygen atoms in total. The van der Waals surface area contributed by atoms with Gasteiger partial charge in [0.1, 0.15) is 18.0 Å². The van der Waals surface area contributed by atoms with Gasteiger partial charge in [-0.15, -0.1) is 0 Å². The third-order valence-electron chi connectivity index (χ3n) is 5.48. The number of nitrogens with zero attached hydrogens (tertiary/aromatic N) is 3. The van der Waals surface area contributed by atoms with E-state index in [4.69, 9.17) is 4.74 Å². The zero-order valence-electron chi connectivity index (χ0n) is 15.4. The van der Waals surface area contributed by atoms with Crippen LogP contribution in [0.1, 0.15) is 18.4 Å². The van der Waals surface area contributed by atoms with E-state index in [2.05, 4.69) is 66.4 Å². The zero-order valence-corrected chi connectivity index (χ0v) is 17.8. The second-order valence-electron chi connectivity index (χ2n) is 7.12. The van der Waals surface area contributed by atoms with Gasteiger partial charge in [0.2, 0.25) is 0 Å². The molecule has 2 aliphatic heterocycles. The van der Waals surface area contributed by atoms with Crippen molar-refractivity contribution in [3.63, 3.8) is 0 Å². The summed E-state index contributed by atoms with van der Waals surface area (Å²) in [6.45, 7) is 4.56. The molecule has 0 radical (unpaired) electrons. The third kappa shape index (κ3) is 4.58. The number of anilines is 2. The second-order valence-corrected chi connectivity index (χ2v) is 9.26. The maximum atomic E-state index is 5.65. The van der Waals surface area contributed by atoms with Crippen LogP contribution in [0.4, 0.5) is 11.6 Å². The van der Waals surface area contributed by atoms with Crippen molar-refractivity contribution in [3.05, 3.63) is 46.7 Å². The van der Waals surface area contributed by atoms with E-state index in [-0.39, 0.29) is 5.41 Å². The van der Waals surface area contributed by atoms with Crippen LogP contribution in [0.15, 0.2) is 41.1 Å². The first-order chi connectivity index (χ1) is 13.3. The van der Waals surface area contributed by atoms with E-state index in [9.17, 15) is 0 Å². The van der Waals surface area contributed by atoms with Gasteiger partial charge >= 0.3 is 0 Å². The van der Waals surface area contributed by atoms with Gasteiger partial charge in [0, 0.05) is 60.3 Å². The minimum atomic E-state index is 0.0644. The van der Waals surface area contributed by atoms with Crippen molar-refractivity contribution in [2.45, 2.75) is 18.3 Å². The molecule has 2 aliphatic rings. The highest BCUT2D eigenvalue weighted by atomic mass is 79.9. The van der Waals surface area contributed by atoms with Crippen LogP contribution in [-0.2, 0) is 10.2 Å². The number of rotatable bonds is 5. The number of benzene rings is 1. The molecule has 4 rings (SSSR count). The van der Waals surface area contributed by atoms with Gasteiger partial charge in [0.05, 0.1) is 0 Å². The Kier molecular flexibility index (Phi) is 6.20. The number of thioether (sulfide) groups is 1. The van der Waals surface area contributed by atoms with Crippen LogP contribution in [0.2, 0.25) is 0 Å². The Morgan fingerprint density at radius 2 is 1.96 bits per heavy atom. The van der Waals surface area contributed by atoms with Crippen molar-refractivity contribution in [1.29, 1.82) is 0 Å². The summed E-state index contributed by atoms with van der Waals surface area (Å²) in [6, 6.07) is 10.8. The number of hydrogen-bond acceptors (Lipinski definition) is 6. The van der Waals surface area contributed by atoms with Crippen LogP contribution in [0.5, 0.6) is 0 Å². The number of halogens is 1. The highest BCUT2D eigenvalue weighted by Gasteiger charge is 2.34. The summed E-state index contributed by atoms with van der Waals surface area (Å²) in [5, 5.41) is 3.60. The Labute approximate surface area is 173 Å². The minimum absolute atomic E-state index is 0.0644. The van der Waals surface area contributed by atoms with Gasteiger partial charge in [0.25, 0.3) is 0 Å². The quantitative estimate of drug-likeness (QED) is 0.746. The smallest absolute Gasteiger partial charge is 0.134 e. The molecule has 7 heteroatoms. The topological polar surface area (TPSA) is 50.3 Å². The van der Waals surface area contributed by atoms with E-state index in [0.717, 1.165) is 61.8 Å². The number of nitrogens with one attached hydrogen (secondary N) is 1. The van der Waals surface area contributed by atoms with E-state index in [1.807, 2.05) is 11.8 Å². The summed E-state index contributed by atoms with van der Waals surface area (Å²) in [5.74, 6) is 4.26. The van der Waals surface area contributed by atoms with Crippen molar-refractivity contribution in [2.24, 2.45) is 0 Å². The van der Waals surface area contributed by atoms with Crippen molar-refractivity contribution in [3.8, 4) is 0 Å². The zero-order chi connectivity index (χ0) is 18.5. The summed E-state index contributed by atoms with van der Waals surface area (Å²) < 4.78 is 6.78. The van der Waals surface area contributed by atoms with Gasteiger partial charge in [0.15, 0.2) is 0 Å². The number of hydrogen-bond donors (Lipinski definition) is 1. The van der Waals surface area contributed by atoms with Crippen LogP contribution in [-0.4, -0.2) is 54.3 Å². The summed E-state index contributed by atoms with van der Waals surface area (Å²) >= 11 is 5.63. The maximum Gasteiger partial charge on any atom is 0.134 e. The Balaban J connectivity index is 1.51. The first-order valence-corrected chi connectivity index (χ1v) is 11.4. The molecule has 0 aliphatic carbocycles. The SMILES string of the molecule is Brc1cccc(C2(CNc3cc(N4CCSCC4)ncn3)CCOCC2)c1. The normalized spacial score (nSPS) is 19.7.